The molecule has 152 valence electrons. The van der Waals surface area contributed by atoms with Gasteiger partial charge in [0.25, 0.3) is 0 Å². The number of rotatable bonds is 5. The van der Waals surface area contributed by atoms with Crippen molar-refractivity contribution < 1.29 is 0 Å². The maximum atomic E-state index is 4.85. The lowest BCUT2D eigenvalue weighted by Crippen LogP contribution is -2.38. The monoisotopic (exact) mass is 400 g/mol. The van der Waals surface area contributed by atoms with E-state index in [9.17, 15) is 0 Å². The van der Waals surface area contributed by atoms with Crippen LogP contribution in [0.15, 0.2) is 60.8 Å². The second-order valence-electron chi connectivity index (χ2n) is 7.98. The minimum atomic E-state index is -0.163. The zero-order valence-corrected chi connectivity index (χ0v) is 17.5. The molecular formula is C22H24N8. The fraction of sp³-hybridized carbons (Fsp3) is 0.227. The zero-order chi connectivity index (χ0) is 21.1. The third kappa shape index (κ3) is 4.12. The molecule has 0 saturated heterocycles. The Kier molecular flexibility index (Phi) is 5.14. The Bertz CT molecular complexity index is 1100. The zero-order valence-electron chi connectivity index (χ0n) is 17.5. The number of nitrogens with one attached hydrogen (secondary N) is 2. The van der Waals surface area contributed by atoms with Gasteiger partial charge in [-0.3, -0.25) is 0 Å². The van der Waals surface area contributed by atoms with Gasteiger partial charge in [0.15, 0.2) is 0 Å². The van der Waals surface area contributed by atoms with Gasteiger partial charge in [-0.2, -0.15) is 10.2 Å². The molecule has 0 radical (unpaired) electrons. The van der Waals surface area contributed by atoms with Crippen LogP contribution in [0.2, 0.25) is 0 Å². The second-order valence-corrected chi connectivity index (χ2v) is 7.98. The molecule has 0 saturated carbocycles. The topological polar surface area (TPSA) is 95.5 Å². The van der Waals surface area contributed by atoms with Gasteiger partial charge in [0.2, 0.25) is 11.8 Å². The molecule has 0 atom stereocenters. The highest BCUT2D eigenvalue weighted by Crippen LogP contribution is 2.34. The lowest BCUT2D eigenvalue weighted by Gasteiger charge is -2.37. The van der Waals surface area contributed by atoms with E-state index in [2.05, 4.69) is 68.7 Å². The lowest BCUT2D eigenvalue weighted by atomic mass is 10.0. The van der Waals surface area contributed by atoms with Crippen molar-refractivity contribution in [2.45, 2.75) is 33.2 Å². The van der Waals surface area contributed by atoms with Crippen LogP contribution in [0.5, 0.6) is 0 Å². The lowest BCUT2D eigenvalue weighted by molar-refractivity contribution is 0.554. The summed E-state index contributed by atoms with van der Waals surface area (Å²) in [5, 5.41) is 17.3. The second kappa shape index (κ2) is 7.90. The molecule has 2 aromatic heterocycles. The van der Waals surface area contributed by atoms with Crippen LogP contribution >= 0.6 is 0 Å². The molecule has 0 aliphatic rings. The molecule has 0 aliphatic heterocycles. The van der Waals surface area contributed by atoms with E-state index in [1.807, 2.05) is 55.6 Å². The van der Waals surface area contributed by atoms with E-state index in [-0.39, 0.29) is 5.54 Å². The van der Waals surface area contributed by atoms with E-state index in [1.165, 1.54) is 0 Å². The van der Waals surface area contributed by atoms with Crippen molar-refractivity contribution in [3.05, 3.63) is 66.4 Å². The largest absolute Gasteiger partial charge is 0.324 e. The average Bonchev–Trinajstić information content (AvgIpc) is 3.26. The van der Waals surface area contributed by atoms with Crippen LogP contribution in [0.1, 0.15) is 26.3 Å². The number of para-hydroxylation sites is 1. The van der Waals surface area contributed by atoms with Crippen molar-refractivity contribution in [3.8, 4) is 11.4 Å². The number of H-pyrrole nitrogens is 1. The van der Waals surface area contributed by atoms with Gasteiger partial charge >= 0.3 is 0 Å². The number of nitrogens with zero attached hydrogens (tertiary/aromatic N) is 6. The fourth-order valence-corrected chi connectivity index (χ4v) is 3.24. The summed E-state index contributed by atoms with van der Waals surface area (Å²) < 4.78 is 0. The summed E-state index contributed by atoms with van der Waals surface area (Å²) in [5.74, 6) is 1.96. The van der Waals surface area contributed by atoms with Gasteiger partial charge in [-0.15, -0.1) is 10.2 Å². The number of aromatic nitrogens is 6. The molecule has 2 heterocycles. The molecule has 30 heavy (non-hydrogen) atoms. The molecule has 4 aromatic rings. The summed E-state index contributed by atoms with van der Waals surface area (Å²) in [6.45, 7) is 8.54. The normalized spacial score (nSPS) is 11.3. The SMILES string of the molecule is Cc1cnc(Nc2ccc(-c3nn[nH]n3)cc2)nc1N(c1ccccc1)C(C)(C)C. The van der Waals surface area contributed by atoms with Crippen LogP contribution < -0.4 is 10.2 Å². The maximum Gasteiger partial charge on any atom is 0.229 e. The van der Waals surface area contributed by atoms with Gasteiger partial charge in [-0.1, -0.05) is 18.2 Å². The van der Waals surface area contributed by atoms with Gasteiger partial charge in [0, 0.05) is 34.2 Å². The first kappa shape index (κ1) is 19.5. The molecule has 2 N–H and O–H groups in total. The number of hydrogen-bond acceptors (Lipinski definition) is 7. The van der Waals surface area contributed by atoms with Crippen LogP contribution in [0.3, 0.4) is 0 Å². The summed E-state index contributed by atoms with van der Waals surface area (Å²) in [6, 6.07) is 18.0. The molecule has 0 bridgehead atoms. The fourth-order valence-electron chi connectivity index (χ4n) is 3.24. The highest BCUT2D eigenvalue weighted by Gasteiger charge is 2.26. The molecule has 2 aromatic carbocycles. The highest BCUT2D eigenvalue weighted by molar-refractivity contribution is 5.67. The average molecular weight is 400 g/mol. The minimum Gasteiger partial charge on any atom is -0.324 e. The number of hydrogen-bond donors (Lipinski definition) is 2. The Balaban J connectivity index is 1.64. The summed E-state index contributed by atoms with van der Waals surface area (Å²) >= 11 is 0. The quantitative estimate of drug-likeness (QED) is 0.503. The Morgan fingerprint density at radius 1 is 0.967 bits per heavy atom. The van der Waals surface area contributed by atoms with E-state index in [0.717, 1.165) is 28.3 Å². The van der Waals surface area contributed by atoms with Gasteiger partial charge < -0.3 is 10.2 Å². The Hall–Kier alpha value is -3.81. The highest BCUT2D eigenvalue weighted by atomic mass is 15.5. The Morgan fingerprint density at radius 2 is 1.70 bits per heavy atom. The van der Waals surface area contributed by atoms with E-state index in [0.29, 0.717) is 11.8 Å². The predicted molar refractivity (Wildman–Crippen MR) is 118 cm³/mol. The molecule has 0 aliphatic carbocycles. The van der Waals surface area contributed by atoms with Gasteiger partial charge in [0.05, 0.1) is 0 Å². The molecule has 0 unspecified atom stereocenters. The van der Waals surface area contributed by atoms with Crippen molar-refractivity contribution in [1.82, 2.24) is 30.6 Å². The summed E-state index contributed by atoms with van der Waals surface area (Å²) in [7, 11) is 0. The summed E-state index contributed by atoms with van der Waals surface area (Å²) in [4.78, 5) is 11.6. The third-order valence-electron chi connectivity index (χ3n) is 4.59. The van der Waals surface area contributed by atoms with Crippen molar-refractivity contribution in [3.63, 3.8) is 0 Å². The first-order valence-corrected chi connectivity index (χ1v) is 9.71. The molecule has 0 amide bonds. The number of aromatic amines is 1. The first-order chi connectivity index (χ1) is 14.4. The molecular weight excluding hydrogens is 376 g/mol. The van der Waals surface area contributed by atoms with Crippen LogP contribution in [0.4, 0.5) is 23.1 Å². The number of tetrazole rings is 1. The van der Waals surface area contributed by atoms with Crippen LogP contribution in [-0.4, -0.2) is 36.1 Å². The first-order valence-electron chi connectivity index (χ1n) is 9.71. The number of anilines is 4. The molecule has 8 heteroatoms. The molecule has 8 nitrogen and oxygen atoms in total. The number of aryl methyl sites for hydroxylation is 1. The van der Waals surface area contributed by atoms with E-state index >= 15 is 0 Å². The van der Waals surface area contributed by atoms with E-state index < -0.39 is 0 Å². The van der Waals surface area contributed by atoms with Crippen LogP contribution in [-0.2, 0) is 0 Å². The van der Waals surface area contributed by atoms with Crippen molar-refractivity contribution in [2.75, 3.05) is 10.2 Å². The molecule has 0 spiro atoms. The molecule has 4 rings (SSSR count). The van der Waals surface area contributed by atoms with Crippen LogP contribution in [0.25, 0.3) is 11.4 Å². The number of benzene rings is 2. The summed E-state index contributed by atoms with van der Waals surface area (Å²) in [6.07, 6.45) is 1.85. The predicted octanol–water partition coefficient (Wildman–Crippen LogP) is 4.65. The van der Waals surface area contributed by atoms with Crippen LogP contribution in [0, 0.1) is 6.92 Å². The smallest absolute Gasteiger partial charge is 0.229 e. The van der Waals surface area contributed by atoms with Crippen molar-refractivity contribution in [1.29, 1.82) is 0 Å². The third-order valence-corrected chi connectivity index (χ3v) is 4.59. The van der Waals surface area contributed by atoms with E-state index in [4.69, 9.17) is 4.98 Å². The van der Waals surface area contributed by atoms with Crippen molar-refractivity contribution >= 4 is 23.1 Å². The Labute approximate surface area is 175 Å². The minimum absolute atomic E-state index is 0.163. The van der Waals surface area contributed by atoms with Crippen molar-refractivity contribution in [2.24, 2.45) is 0 Å². The maximum absolute atomic E-state index is 4.85. The van der Waals surface area contributed by atoms with E-state index in [1.54, 1.807) is 0 Å². The van der Waals surface area contributed by atoms with Gasteiger partial charge in [0.1, 0.15) is 5.82 Å². The standard InChI is InChI=1S/C22H24N8/c1-15-14-23-21(24-17-12-10-16(11-13-17)19-26-28-29-27-19)25-20(15)30(22(2,3)4)18-8-6-5-7-9-18/h5-14H,1-4H3,(H,23,24,25)(H,26,27,28,29). The van der Waals surface area contributed by atoms with Gasteiger partial charge in [-0.05, 0) is 69.3 Å². The molecule has 0 fully saturated rings. The summed E-state index contributed by atoms with van der Waals surface area (Å²) in [5.41, 5.74) is 3.68. The Morgan fingerprint density at radius 3 is 2.33 bits per heavy atom. The van der Waals surface area contributed by atoms with Gasteiger partial charge in [-0.25, -0.2) is 4.98 Å².